The summed E-state index contributed by atoms with van der Waals surface area (Å²) in [6.07, 6.45) is 5.16. The number of amides is 1. The molecule has 1 saturated carbocycles. The maximum Gasteiger partial charge on any atom is 0.255 e. The number of hydrogen-bond donors (Lipinski definition) is 0. The molecule has 4 heteroatoms. The molecule has 0 bridgehead atoms. The Morgan fingerprint density at radius 1 is 1.47 bits per heavy atom. The fourth-order valence-corrected chi connectivity index (χ4v) is 3.75. The highest BCUT2D eigenvalue weighted by Gasteiger charge is 2.30. The smallest absolute Gasteiger partial charge is 0.255 e. The van der Waals surface area contributed by atoms with Crippen LogP contribution in [0.4, 0.5) is 0 Å². The van der Waals surface area contributed by atoms with Gasteiger partial charge in [-0.05, 0) is 44.1 Å². The lowest BCUT2D eigenvalue weighted by atomic mass is 10.1. The second-order valence-electron chi connectivity index (χ2n) is 5.15. The standard InChI is InChI=1S/C15H22N2OS/c1-4-19-14-8-7-13(9-14)17(3)15(18)12-6-5-11(2)16-10-12/h5-6,10,13-14H,4,7-9H2,1-3H3. The molecule has 1 aromatic heterocycles. The van der Waals surface area contributed by atoms with Gasteiger partial charge in [0, 0.05) is 30.2 Å². The molecule has 0 N–H and O–H groups in total. The van der Waals surface area contributed by atoms with Gasteiger partial charge in [0.25, 0.3) is 5.91 Å². The third kappa shape index (κ3) is 3.50. The molecule has 1 fully saturated rings. The third-order valence-electron chi connectivity index (χ3n) is 3.79. The van der Waals surface area contributed by atoms with E-state index >= 15 is 0 Å². The quantitative estimate of drug-likeness (QED) is 0.848. The lowest BCUT2D eigenvalue weighted by molar-refractivity contribution is 0.0735. The topological polar surface area (TPSA) is 33.2 Å². The van der Waals surface area contributed by atoms with E-state index in [4.69, 9.17) is 0 Å². The van der Waals surface area contributed by atoms with Gasteiger partial charge in [-0.3, -0.25) is 9.78 Å². The van der Waals surface area contributed by atoms with E-state index in [0.29, 0.717) is 11.6 Å². The zero-order chi connectivity index (χ0) is 13.8. The fraction of sp³-hybridized carbons (Fsp3) is 0.600. The van der Waals surface area contributed by atoms with Crippen LogP contribution >= 0.6 is 11.8 Å². The molecule has 2 atom stereocenters. The molecule has 3 nitrogen and oxygen atoms in total. The van der Waals surface area contributed by atoms with Crippen molar-refractivity contribution < 1.29 is 4.79 Å². The molecule has 1 aromatic rings. The van der Waals surface area contributed by atoms with Crippen molar-refractivity contribution in [2.45, 2.75) is 44.4 Å². The van der Waals surface area contributed by atoms with Gasteiger partial charge in [0.05, 0.1) is 5.56 Å². The number of carbonyl (C=O) groups is 1. The van der Waals surface area contributed by atoms with Crippen molar-refractivity contribution in [3.63, 3.8) is 0 Å². The summed E-state index contributed by atoms with van der Waals surface area (Å²) >= 11 is 2.02. The molecule has 1 heterocycles. The number of carbonyl (C=O) groups excluding carboxylic acids is 1. The minimum atomic E-state index is 0.0969. The molecular weight excluding hydrogens is 256 g/mol. The summed E-state index contributed by atoms with van der Waals surface area (Å²) in [4.78, 5) is 18.5. The average molecular weight is 278 g/mol. The number of pyridine rings is 1. The fourth-order valence-electron chi connectivity index (χ4n) is 2.62. The van der Waals surface area contributed by atoms with Crippen LogP contribution in [0.2, 0.25) is 0 Å². The van der Waals surface area contributed by atoms with E-state index < -0.39 is 0 Å². The first kappa shape index (κ1) is 14.4. The molecule has 104 valence electrons. The van der Waals surface area contributed by atoms with Crippen molar-refractivity contribution in [1.29, 1.82) is 0 Å². The van der Waals surface area contributed by atoms with Crippen LogP contribution in [0.3, 0.4) is 0 Å². The number of nitrogens with zero attached hydrogens (tertiary/aromatic N) is 2. The first-order valence-electron chi connectivity index (χ1n) is 6.93. The second kappa shape index (κ2) is 6.42. The van der Waals surface area contributed by atoms with E-state index in [1.165, 1.54) is 6.42 Å². The van der Waals surface area contributed by atoms with Gasteiger partial charge in [0.15, 0.2) is 0 Å². The van der Waals surface area contributed by atoms with Crippen molar-refractivity contribution in [3.8, 4) is 0 Å². The number of aromatic nitrogens is 1. The molecule has 0 aliphatic heterocycles. The maximum absolute atomic E-state index is 12.4. The summed E-state index contributed by atoms with van der Waals surface area (Å²) in [5.74, 6) is 1.26. The summed E-state index contributed by atoms with van der Waals surface area (Å²) in [5, 5.41) is 0.724. The zero-order valence-corrected chi connectivity index (χ0v) is 12.7. The summed E-state index contributed by atoms with van der Waals surface area (Å²) in [7, 11) is 1.92. The Hall–Kier alpha value is -1.03. The van der Waals surface area contributed by atoms with Gasteiger partial charge in [-0.1, -0.05) is 6.92 Å². The van der Waals surface area contributed by atoms with Crippen LogP contribution < -0.4 is 0 Å². The Morgan fingerprint density at radius 2 is 2.26 bits per heavy atom. The Balaban J connectivity index is 1.98. The van der Waals surface area contributed by atoms with E-state index in [9.17, 15) is 4.79 Å². The van der Waals surface area contributed by atoms with Crippen molar-refractivity contribution in [3.05, 3.63) is 29.6 Å². The predicted molar refractivity (Wildman–Crippen MR) is 80.6 cm³/mol. The molecule has 2 unspecified atom stereocenters. The molecule has 1 aliphatic carbocycles. The SMILES string of the molecule is CCSC1CCC(N(C)C(=O)c2ccc(C)nc2)C1. The molecule has 0 spiro atoms. The number of aryl methyl sites for hydroxylation is 1. The zero-order valence-electron chi connectivity index (χ0n) is 11.9. The Labute approximate surface area is 119 Å². The van der Waals surface area contributed by atoms with Gasteiger partial charge in [-0.25, -0.2) is 0 Å². The van der Waals surface area contributed by atoms with Crippen LogP contribution in [0.15, 0.2) is 18.3 Å². The number of rotatable bonds is 4. The lowest BCUT2D eigenvalue weighted by Gasteiger charge is -2.24. The normalized spacial score (nSPS) is 22.5. The first-order valence-corrected chi connectivity index (χ1v) is 7.98. The summed E-state index contributed by atoms with van der Waals surface area (Å²) in [6, 6.07) is 4.15. The molecular formula is C15H22N2OS. The van der Waals surface area contributed by atoms with Gasteiger partial charge >= 0.3 is 0 Å². The van der Waals surface area contributed by atoms with Crippen LogP contribution in [-0.2, 0) is 0 Å². The number of thioether (sulfide) groups is 1. The van der Waals surface area contributed by atoms with E-state index in [2.05, 4.69) is 11.9 Å². The Morgan fingerprint density at radius 3 is 2.89 bits per heavy atom. The van der Waals surface area contributed by atoms with E-state index in [-0.39, 0.29) is 5.91 Å². The van der Waals surface area contributed by atoms with Crippen LogP contribution in [0, 0.1) is 6.92 Å². The van der Waals surface area contributed by atoms with Crippen LogP contribution in [0.5, 0.6) is 0 Å². The Kier molecular flexibility index (Phi) is 4.86. The van der Waals surface area contributed by atoms with E-state index in [1.54, 1.807) is 6.20 Å². The van der Waals surface area contributed by atoms with Crippen molar-refractivity contribution >= 4 is 17.7 Å². The van der Waals surface area contributed by atoms with Crippen LogP contribution in [0.25, 0.3) is 0 Å². The monoisotopic (exact) mass is 278 g/mol. The Bertz CT molecular complexity index is 432. The third-order valence-corrected chi connectivity index (χ3v) is 5.02. The molecule has 19 heavy (non-hydrogen) atoms. The van der Waals surface area contributed by atoms with E-state index in [0.717, 1.165) is 29.5 Å². The number of hydrogen-bond acceptors (Lipinski definition) is 3. The minimum absolute atomic E-state index is 0.0969. The highest BCUT2D eigenvalue weighted by atomic mass is 32.2. The minimum Gasteiger partial charge on any atom is -0.339 e. The largest absolute Gasteiger partial charge is 0.339 e. The summed E-state index contributed by atoms with van der Waals surface area (Å²) in [5.41, 5.74) is 1.64. The predicted octanol–water partition coefficient (Wildman–Crippen LogP) is 3.14. The van der Waals surface area contributed by atoms with Crippen LogP contribution in [-0.4, -0.2) is 39.9 Å². The highest BCUT2D eigenvalue weighted by Crippen LogP contribution is 2.32. The van der Waals surface area contributed by atoms with Crippen LogP contribution in [0.1, 0.15) is 42.2 Å². The molecule has 0 radical (unpaired) electrons. The molecule has 1 aliphatic rings. The van der Waals surface area contributed by atoms with Crippen molar-refractivity contribution in [2.24, 2.45) is 0 Å². The van der Waals surface area contributed by atoms with Crippen molar-refractivity contribution in [2.75, 3.05) is 12.8 Å². The van der Waals surface area contributed by atoms with Gasteiger partial charge < -0.3 is 4.90 Å². The maximum atomic E-state index is 12.4. The first-order chi connectivity index (χ1) is 9.11. The molecule has 0 aromatic carbocycles. The van der Waals surface area contributed by atoms with Gasteiger partial charge in [0.2, 0.25) is 0 Å². The van der Waals surface area contributed by atoms with Gasteiger partial charge in [0.1, 0.15) is 0 Å². The molecule has 1 amide bonds. The lowest BCUT2D eigenvalue weighted by Crippen LogP contribution is -2.35. The van der Waals surface area contributed by atoms with Gasteiger partial charge in [-0.15, -0.1) is 0 Å². The second-order valence-corrected chi connectivity index (χ2v) is 6.73. The summed E-state index contributed by atoms with van der Waals surface area (Å²) in [6.45, 7) is 4.13. The highest BCUT2D eigenvalue weighted by molar-refractivity contribution is 7.99. The molecule has 2 rings (SSSR count). The summed E-state index contributed by atoms with van der Waals surface area (Å²) < 4.78 is 0. The van der Waals surface area contributed by atoms with Crippen molar-refractivity contribution in [1.82, 2.24) is 9.88 Å². The average Bonchev–Trinajstić information content (AvgIpc) is 2.87. The molecule has 0 saturated heterocycles. The van der Waals surface area contributed by atoms with Gasteiger partial charge in [-0.2, -0.15) is 11.8 Å². The van der Waals surface area contributed by atoms with E-state index in [1.807, 2.05) is 42.8 Å².